The molecule has 2 heterocycles. The average molecular weight is 506 g/mol. The number of rotatable bonds is 7. The van der Waals surface area contributed by atoms with Crippen molar-refractivity contribution in [3.05, 3.63) is 64.5 Å². The maximum absolute atomic E-state index is 12.7. The molecule has 2 aromatic carbocycles. The lowest BCUT2D eigenvalue weighted by molar-refractivity contribution is -0.119. The fraction of sp³-hybridized carbons (Fsp3) is 0.227. The molecule has 0 atom stereocenters. The van der Waals surface area contributed by atoms with Crippen LogP contribution < -0.4 is 5.32 Å². The summed E-state index contributed by atoms with van der Waals surface area (Å²) < 4.78 is 31.9. The van der Waals surface area contributed by atoms with E-state index in [4.69, 9.17) is 16.3 Å². The number of carbonyl (C=O) groups is 2. The van der Waals surface area contributed by atoms with Gasteiger partial charge in [-0.15, -0.1) is 11.3 Å². The zero-order chi connectivity index (χ0) is 23.4. The number of carbonyl (C=O) groups excluding carboxylic acids is 2. The molecule has 1 amide bonds. The van der Waals surface area contributed by atoms with E-state index in [9.17, 15) is 18.0 Å². The van der Waals surface area contributed by atoms with Gasteiger partial charge in [-0.05, 0) is 37.1 Å². The van der Waals surface area contributed by atoms with Crippen LogP contribution in [-0.4, -0.2) is 49.3 Å². The molecule has 1 saturated heterocycles. The highest BCUT2D eigenvalue weighted by Gasteiger charge is 2.27. The summed E-state index contributed by atoms with van der Waals surface area (Å²) in [4.78, 5) is 29.0. The normalized spacial score (nSPS) is 14.2. The van der Waals surface area contributed by atoms with Crippen molar-refractivity contribution >= 4 is 50.0 Å². The number of hydrogen-bond acceptors (Lipinski definition) is 7. The monoisotopic (exact) mass is 505 g/mol. The van der Waals surface area contributed by atoms with Crippen molar-refractivity contribution in [1.29, 1.82) is 0 Å². The molecule has 1 N–H and O–H groups in total. The third-order valence-electron chi connectivity index (χ3n) is 5.01. The smallest absolute Gasteiger partial charge is 0.338 e. The zero-order valence-electron chi connectivity index (χ0n) is 17.4. The third kappa shape index (κ3) is 5.41. The highest BCUT2D eigenvalue weighted by atomic mass is 35.5. The Bertz CT molecular complexity index is 1290. The molecule has 8 nitrogen and oxygen atoms in total. The summed E-state index contributed by atoms with van der Waals surface area (Å²) in [7, 11) is -3.66. The van der Waals surface area contributed by atoms with Gasteiger partial charge in [0.25, 0.3) is 5.91 Å². The molecular weight excluding hydrogens is 486 g/mol. The molecule has 0 aliphatic carbocycles. The van der Waals surface area contributed by atoms with Gasteiger partial charge in [-0.25, -0.2) is 18.2 Å². The Hall–Kier alpha value is -2.79. The Balaban J connectivity index is 1.36. The molecule has 172 valence electrons. The van der Waals surface area contributed by atoms with Crippen molar-refractivity contribution in [3.8, 4) is 11.3 Å². The number of ether oxygens (including phenoxy) is 1. The summed E-state index contributed by atoms with van der Waals surface area (Å²) in [5.74, 6) is -1.36. The Labute approximate surface area is 200 Å². The first-order valence-corrected chi connectivity index (χ1v) is 12.8. The van der Waals surface area contributed by atoms with E-state index in [-0.39, 0.29) is 10.5 Å². The number of anilines is 1. The minimum absolute atomic E-state index is 0.0261. The van der Waals surface area contributed by atoms with Crippen LogP contribution in [0.25, 0.3) is 11.3 Å². The first-order valence-electron chi connectivity index (χ1n) is 10.1. The van der Waals surface area contributed by atoms with E-state index in [0.717, 1.165) is 18.4 Å². The molecule has 1 fully saturated rings. The molecule has 0 bridgehead atoms. The fourth-order valence-electron chi connectivity index (χ4n) is 3.35. The van der Waals surface area contributed by atoms with Crippen LogP contribution >= 0.6 is 22.9 Å². The Kier molecular flexibility index (Phi) is 7.08. The number of halogens is 1. The molecule has 4 rings (SSSR count). The summed E-state index contributed by atoms with van der Waals surface area (Å²) in [6.45, 7) is 0.390. The predicted octanol–water partition coefficient (Wildman–Crippen LogP) is 4.04. The topological polar surface area (TPSA) is 106 Å². The molecule has 11 heteroatoms. The number of amides is 1. The number of nitrogens with zero attached hydrogens (tertiary/aromatic N) is 2. The van der Waals surface area contributed by atoms with E-state index >= 15 is 0 Å². The lowest BCUT2D eigenvalue weighted by atomic mass is 10.2. The van der Waals surface area contributed by atoms with Crippen molar-refractivity contribution < 1.29 is 22.7 Å². The highest BCUT2D eigenvalue weighted by molar-refractivity contribution is 7.89. The number of nitrogens with one attached hydrogen (secondary N) is 1. The summed E-state index contributed by atoms with van der Waals surface area (Å²) in [6, 6.07) is 12.9. The van der Waals surface area contributed by atoms with Gasteiger partial charge in [0.15, 0.2) is 11.7 Å². The lowest BCUT2D eigenvalue weighted by Crippen LogP contribution is -2.28. The number of benzene rings is 2. The van der Waals surface area contributed by atoms with E-state index in [0.29, 0.717) is 28.9 Å². The van der Waals surface area contributed by atoms with Crippen LogP contribution in [0.2, 0.25) is 5.02 Å². The molecule has 1 aliphatic heterocycles. The molecule has 3 aromatic rings. The van der Waals surface area contributed by atoms with Gasteiger partial charge in [-0.1, -0.05) is 35.9 Å². The van der Waals surface area contributed by atoms with Crippen molar-refractivity contribution in [2.24, 2.45) is 0 Å². The second-order valence-corrected chi connectivity index (χ2v) is 10.5. The molecule has 1 aromatic heterocycles. The molecule has 0 saturated carbocycles. The highest BCUT2D eigenvalue weighted by Crippen LogP contribution is 2.30. The van der Waals surface area contributed by atoms with Gasteiger partial charge in [0.05, 0.1) is 16.2 Å². The molecule has 0 unspecified atom stereocenters. The van der Waals surface area contributed by atoms with Crippen molar-refractivity contribution in [1.82, 2.24) is 9.29 Å². The Morgan fingerprint density at radius 3 is 2.64 bits per heavy atom. The number of hydrogen-bond donors (Lipinski definition) is 1. The second-order valence-electron chi connectivity index (χ2n) is 7.28. The number of aromatic nitrogens is 1. The largest absolute Gasteiger partial charge is 0.452 e. The first-order chi connectivity index (χ1) is 15.8. The van der Waals surface area contributed by atoms with E-state index in [1.54, 1.807) is 11.4 Å². The Morgan fingerprint density at radius 2 is 1.88 bits per heavy atom. The number of esters is 1. The van der Waals surface area contributed by atoms with Gasteiger partial charge in [0, 0.05) is 29.1 Å². The second kappa shape index (κ2) is 10.0. The van der Waals surface area contributed by atoms with Crippen LogP contribution in [0.5, 0.6) is 0 Å². The molecule has 1 aliphatic rings. The quantitative estimate of drug-likeness (QED) is 0.486. The fourth-order valence-corrected chi connectivity index (χ4v) is 5.88. The first kappa shape index (κ1) is 23.4. The standard InChI is InChI=1S/C22H20ClN3O5S2/c23-18-9-2-1-8-17(18)19-14-32-22(24-19)25-20(27)13-31-21(28)15-6-5-7-16(12-15)33(29,30)26-10-3-4-11-26/h1-2,5-9,12,14H,3-4,10-11,13H2,(H,24,25,27). The van der Waals surface area contributed by atoms with E-state index < -0.39 is 28.5 Å². The van der Waals surface area contributed by atoms with Gasteiger partial charge < -0.3 is 4.74 Å². The van der Waals surface area contributed by atoms with Crippen LogP contribution in [0.1, 0.15) is 23.2 Å². The maximum atomic E-state index is 12.7. The van der Waals surface area contributed by atoms with Gasteiger partial charge in [0.2, 0.25) is 10.0 Å². The number of sulfonamides is 1. The molecule has 33 heavy (non-hydrogen) atoms. The van der Waals surface area contributed by atoms with Crippen molar-refractivity contribution in [2.45, 2.75) is 17.7 Å². The van der Waals surface area contributed by atoms with Gasteiger partial charge in [0.1, 0.15) is 0 Å². The summed E-state index contributed by atoms with van der Waals surface area (Å²) >= 11 is 7.39. The van der Waals surface area contributed by atoms with E-state index in [1.165, 1.54) is 39.9 Å². The minimum Gasteiger partial charge on any atom is -0.452 e. The van der Waals surface area contributed by atoms with E-state index in [1.807, 2.05) is 18.2 Å². The van der Waals surface area contributed by atoms with Crippen LogP contribution in [0, 0.1) is 0 Å². The van der Waals surface area contributed by atoms with Crippen LogP contribution in [0.3, 0.4) is 0 Å². The maximum Gasteiger partial charge on any atom is 0.338 e. The minimum atomic E-state index is -3.66. The predicted molar refractivity (Wildman–Crippen MR) is 126 cm³/mol. The third-order valence-corrected chi connectivity index (χ3v) is 7.99. The van der Waals surface area contributed by atoms with Gasteiger partial charge in [-0.3, -0.25) is 10.1 Å². The molecular formula is C22H20ClN3O5S2. The Morgan fingerprint density at radius 1 is 1.12 bits per heavy atom. The van der Waals surface area contributed by atoms with E-state index in [2.05, 4.69) is 10.3 Å². The number of thiazole rings is 1. The van der Waals surface area contributed by atoms with Gasteiger partial charge in [-0.2, -0.15) is 4.31 Å². The van der Waals surface area contributed by atoms with Crippen LogP contribution in [0.4, 0.5) is 5.13 Å². The SMILES string of the molecule is O=C(COC(=O)c1cccc(S(=O)(=O)N2CCCC2)c1)Nc1nc(-c2ccccc2Cl)cs1. The molecule has 0 spiro atoms. The lowest BCUT2D eigenvalue weighted by Gasteiger charge is -2.15. The molecule has 0 radical (unpaired) electrons. The summed E-state index contributed by atoms with van der Waals surface area (Å²) in [5.41, 5.74) is 1.42. The van der Waals surface area contributed by atoms with Gasteiger partial charge >= 0.3 is 5.97 Å². The zero-order valence-corrected chi connectivity index (χ0v) is 19.8. The average Bonchev–Trinajstić information content (AvgIpc) is 3.51. The summed E-state index contributed by atoms with van der Waals surface area (Å²) in [6.07, 6.45) is 1.63. The van der Waals surface area contributed by atoms with Crippen LogP contribution in [-0.2, 0) is 19.6 Å². The van der Waals surface area contributed by atoms with Crippen LogP contribution in [0.15, 0.2) is 58.8 Å². The van der Waals surface area contributed by atoms with Crippen molar-refractivity contribution in [3.63, 3.8) is 0 Å². The van der Waals surface area contributed by atoms with Crippen molar-refractivity contribution in [2.75, 3.05) is 25.0 Å². The summed E-state index contributed by atoms with van der Waals surface area (Å²) in [5, 5.41) is 5.22.